The Hall–Kier alpha value is -0.860. The third-order valence-electron chi connectivity index (χ3n) is 3.10. The van der Waals surface area contributed by atoms with Crippen LogP contribution in [0.25, 0.3) is 0 Å². The van der Waals surface area contributed by atoms with Crippen LogP contribution in [0.5, 0.6) is 0 Å². The van der Waals surface area contributed by atoms with Crippen molar-refractivity contribution in [2.75, 3.05) is 13.2 Å². The molecule has 1 aliphatic heterocycles. The van der Waals surface area contributed by atoms with E-state index in [1.54, 1.807) is 0 Å². The van der Waals surface area contributed by atoms with Gasteiger partial charge in [0.15, 0.2) is 0 Å². The molecule has 1 heterocycles. The number of sulfonamides is 1. The van der Waals surface area contributed by atoms with E-state index < -0.39 is 26.6 Å². The van der Waals surface area contributed by atoms with Crippen LogP contribution in [0.15, 0.2) is 17.0 Å². The lowest BCUT2D eigenvalue weighted by Crippen LogP contribution is -2.39. The van der Waals surface area contributed by atoms with Crippen LogP contribution in [0.4, 0.5) is 0 Å². The van der Waals surface area contributed by atoms with Crippen LogP contribution in [0, 0.1) is 0 Å². The van der Waals surface area contributed by atoms with Crippen LogP contribution >= 0.6 is 23.2 Å². The van der Waals surface area contributed by atoms with Gasteiger partial charge < -0.3 is 9.84 Å². The van der Waals surface area contributed by atoms with Crippen molar-refractivity contribution in [1.82, 2.24) is 4.72 Å². The molecule has 0 amide bonds. The molecule has 0 spiro atoms. The van der Waals surface area contributed by atoms with Gasteiger partial charge in [0.25, 0.3) is 0 Å². The Balaban J connectivity index is 2.36. The van der Waals surface area contributed by atoms with Crippen LogP contribution in [0.1, 0.15) is 23.2 Å². The van der Waals surface area contributed by atoms with Gasteiger partial charge >= 0.3 is 5.97 Å². The number of carbonyl (C=O) groups is 1. The Morgan fingerprint density at radius 3 is 2.48 bits per heavy atom. The number of aromatic carboxylic acids is 1. The summed E-state index contributed by atoms with van der Waals surface area (Å²) < 4.78 is 32.3. The van der Waals surface area contributed by atoms with E-state index >= 15 is 0 Å². The van der Waals surface area contributed by atoms with Crippen molar-refractivity contribution in [3.05, 3.63) is 27.7 Å². The Morgan fingerprint density at radius 1 is 1.29 bits per heavy atom. The smallest absolute Gasteiger partial charge is 0.338 e. The van der Waals surface area contributed by atoms with E-state index in [1.165, 1.54) is 12.1 Å². The molecule has 2 rings (SSSR count). The number of carboxylic acid groups (broad SMARTS) is 1. The average molecular weight is 354 g/mol. The number of hydrogen-bond donors (Lipinski definition) is 2. The van der Waals surface area contributed by atoms with Crippen LogP contribution < -0.4 is 4.72 Å². The highest BCUT2D eigenvalue weighted by atomic mass is 35.5. The summed E-state index contributed by atoms with van der Waals surface area (Å²) in [5, 5.41) is 8.55. The van der Waals surface area contributed by atoms with Crippen molar-refractivity contribution < 1.29 is 23.1 Å². The van der Waals surface area contributed by atoms with E-state index in [0.717, 1.165) is 0 Å². The fourth-order valence-corrected chi connectivity index (χ4v) is 4.26. The molecule has 1 aromatic carbocycles. The summed E-state index contributed by atoms with van der Waals surface area (Å²) in [7, 11) is -3.92. The number of ether oxygens (including phenoxy) is 1. The first-order valence-corrected chi connectivity index (χ1v) is 8.38. The normalized spacial score (nSPS) is 16.9. The average Bonchev–Trinajstić information content (AvgIpc) is 2.38. The van der Waals surface area contributed by atoms with Crippen molar-refractivity contribution in [2.24, 2.45) is 0 Å². The molecule has 2 N–H and O–H groups in total. The van der Waals surface area contributed by atoms with Crippen LogP contribution in [0.3, 0.4) is 0 Å². The van der Waals surface area contributed by atoms with Crippen LogP contribution in [0.2, 0.25) is 10.0 Å². The second-order valence-corrected chi connectivity index (χ2v) is 7.02. The predicted molar refractivity (Wildman–Crippen MR) is 77.6 cm³/mol. The number of halogens is 2. The minimum Gasteiger partial charge on any atom is -0.478 e. The quantitative estimate of drug-likeness (QED) is 0.864. The summed E-state index contributed by atoms with van der Waals surface area (Å²) in [6.45, 7) is 0.948. The van der Waals surface area contributed by atoms with E-state index in [4.69, 9.17) is 33.0 Å². The molecule has 0 atom stereocenters. The Kier molecular flexibility index (Phi) is 5.11. The molecule has 1 saturated heterocycles. The Bertz CT molecular complexity index is 656. The van der Waals surface area contributed by atoms with Gasteiger partial charge in [-0.15, -0.1) is 0 Å². The summed E-state index contributed by atoms with van der Waals surface area (Å²) in [6.07, 6.45) is 1.10. The Labute approximate surface area is 132 Å². The molecule has 0 unspecified atom stereocenters. The van der Waals surface area contributed by atoms with Gasteiger partial charge in [-0.1, -0.05) is 23.2 Å². The summed E-state index contributed by atoms with van der Waals surface area (Å²) in [5.41, 5.74) is -0.423. The van der Waals surface area contributed by atoms with E-state index in [2.05, 4.69) is 4.72 Å². The van der Waals surface area contributed by atoms with Gasteiger partial charge in [-0.25, -0.2) is 17.9 Å². The van der Waals surface area contributed by atoms with Gasteiger partial charge in [-0.2, -0.15) is 0 Å². The number of rotatable bonds is 4. The maximum atomic E-state index is 12.3. The predicted octanol–water partition coefficient (Wildman–Crippen LogP) is 2.15. The van der Waals surface area contributed by atoms with E-state index in [1.807, 2.05) is 0 Å². The molecular formula is C12H13Cl2NO5S. The van der Waals surface area contributed by atoms with E-state index in [0.29, 0.717) is 26.1 Å². The molecule has 1 fully saturated rings. The SMILES string of the molecule is O=C(O)c1c(Cl)ccc(S(=O)(=O)NC2CCOCC2)c1Cl. The molecule has 0 aliphatic carbocycles. The number of hydrogen-bond acceptors (Lipinski definition) is 4. The molecule has 9 heteroatoms. The fraction of sp³-hybridized carbons (Fsp3) is 0.417. The molecule has 6 nitrogen and oxygen atoms in total. The number of carboxylic acids is 1. The lowest BCUT2D eigenvalue weighted by atomic mass is 10.1. The fourth-order valence-electron chi connectivity index (χ4n) is 2.04. The van der Waals surface area contributed by atoms with Crippen molar-refractivity contribution >= 4 is 39.2 Å². The minimum atomic E-state index is -3.92. The third-order valence-corrected chi connectivity index (χ3v) is 5.48. The molecule has 0 radical (unpaired) electrons. The summed E-state index contributed by atoms with van der Waals surface area (Å²) in [4.78, 5) is 10.8. The second kappa shape index (κ2) is 6.50. The van der Waals surface area contributed by atoms with E-state index in [9.17, 15) is 13.2 Å². The number of benzene rings is 1. The lowest BCUT2D eigenvalue weighted by Gasteiger charge is -2.23. The molecule has 116 valence electrons. The number of nitrogens with one attached hydrogen (secondary N) is 1. The summed E-state index contributed by atoms with van der Waals surface area (Å²) in [5.74, 6) is -1.38. The first-order chi connectivity index (χ1) is 9.83. The maximum Gasteiger partial charge on any atom is 0.338 e. The molecule has 0 aromatic heterocycles. The highest BCUT2D eigenvalue weighted by molar-refractivity contribution is 7.89. The van der Waals surface area contributed by atoms with Crippen molar-refractivity contribution in [1.29, 1.82) is 0 Å². The molecular weight excluding hydrogens is 341 g/mol. The highest BCUT2D eigenvalue weighted by Gasteiger charge is 2.27. The monoisotopic (exact) mass is 353 g/mol. The lowest BCUT2D eigenvalue weighted by molar-refractivity contribution is 0.0697. The molecule has 1 aromatic rings. The standard InChI is InChI=1S/C12H13Cl2NO5S/c13-8-1-2-9(11(14)10(8)12(16)17)21(18,19)15-7-3-5-20-6-4-7/h1-2,7,15H,3-6H2,(H,16,17). The first kappa shape index (κ1) is 16.5. The molecule has 0 bridgehead atoms. The summed E-state index contributed by atoms with van der Waals surface area (Å²) >= 11 is 11.6. The first-order valence-electron chi connectivity index (χ1n) is 6.14. The molecule has 0 saturated carbocycles. The van der Waals surface area contributed by atoms with Gasteiger partial charge in [-0.05, 0) is 25.0 Å². The van der Waals surface area contributed by atoms with Crippen molar-refractivity contribution in [2.45, 2.75) is 23.8 Å². The van der Waals surface area contributed by atoms with Gasteiger partial charge in [0.2, 0.25) is 10.0 Å². The van der Waals surface area contributed by atoms with Gasteiger partial charge in [-0.3, -0.25) is 0 Å². The zero-order valence-corrected chi connectivity index (χ0v) is 13.1. The Morgan fingerprint density at radius 2 is 1.90 bits per heavy atom. The maximum absolute atomic E-state index is 12.3. The summed E-state index contributed by atoms with van der Waals surface area (Å²) in [6, 6.07) is 2.14. The van der Waals surface area contributed by atoms with Crippen LogP contribution in [-0.4, -0.2) is 38.7 Å². The van der Waals surface area contributed by atoms with Gasteiger partial charge in [0.1, 0.15) is 4.90 Å². The minimum absolute atomic E-state index is 0.113. The largest absolute Gasteiger partial charge is 0.478 e. The molecule has 1 aliphatic rings. The van der Waals surface area contributed by atoms with Gasteiger partial charge in [0, 0.05) is 19.3 Å². The topological polar surface area (TPSA) is 92.7 Å². The zero-order valence-electron chi connectivity index (χ0n) is 10.8. The van der Waals surface area contributed by atoms with Crippen LogP contribution in [-0.2, 0) is 14.8 Å². The van der Waals surface area contributed by atoms with Crippen molar-refractivity contribution in [3.8, 4) is 0 Å². The van der Waals surface area contributed by atoms with Crippen molar-refractivity contribution in [3.63, 3.8) is 0 Å². The van der Waals surface area contributed by atoms with Gasteiger partial charge in [0.05, 0.1) is 15.6 Å². The second-order valence-electron chi connectivity index (χ2n) is 4.55. The van der Waals surface area contributed by atoms with E-state index in [-0.39, 0.29) is 16.0 Å². The molecule has 21 heavy (non-hydrogen) atoms. The highest BCUT2D eigenvalue weighted by Crippen LogP contribution is 2.31. The third kappa shape index (κ3) is 3.67. The zero-order chi connectivity index (χ0) is 15.6.